The monoisotopic (exact) mass is 190 g/mol. The minimum absolute atomic E-state index is 0.149. The normalized spacial score (nSPS) is 16.9. The van der Waals surface area contributed by atoms with E-state index in [4.69, 9.17) is 5.73 Å². The number of hydrogen-bond acceptors (Lipinski definition) is 2. The van der Waals surface area contributed by atoms with Gasteiger partial charge in [-0.25, -0.2) is 0 Å². The number of likely N-dealkylation sites (N-methyl/N-ethyl adjacent to an activating group) is 1. The molecule has 76 valence electrons. The van der Waals surface area contributed by atoms with Crippen LogP contribution in [0, 0.1) is 0 Å². The van der Waals surface area contributed by atoms with Crippen molar-refractivity contribution in [3.8, 4) is 0 Å². The van der Waals surface area contributed by atoms with Crippen LogP contribution in [0.3, 0.4) is 0 Å². The molecule has 14 heavy (non-hydrogen) atoms. The summed E-state index contributed by atoms with van der Waals surface area (Å²) in [6.45, 7) is 6.50. The van der Waals surface area contributed by atoms with E-state index >= 15 is 0 Å². The number of hydrogen-bond donors (Lipinski definition) is 1. The van der Waals surface area contributed by atoms with Crippen LogP contribution in [0.15, 0.2) is 18.2 Å². The van der Waals surface area contributed by atoms with Gasteiger partial charge in [-0.2, -0.15) is 0 Å². The molecule has 0 saturated carbocycles. The average Bonchev–Trinajstić information content (AvgIpc) is 2.59. The van der Waals surface area contributed by atoms with Crippen LogP contribution < -0.4 is 10.6 Å². The summed E-state index contributed by atoms with van der Waals surface area (Å²) in [5, 5.41) is 0. The van der Waals surface area contributed by atoms with Crippen molar-refractivity contribution >= 4 is 5.69 Å². The van der Waals surface area contributed by atoms with Gasteiger partial charge in [-0.3, -0.25) is 0 Å². The van der Waals surface area contributed by atoms with E-state index in [1.165, 1.54) is 23.2 Å². The molecule has 0 radical (unpaired) electrons. The van der Waals surface area contributed by atoms with Gasteiger partial charge in [-0.15, -0.1) is 0 Å². The molecule has 0 amide bonds. The second-order valence-electron chi connectivity index (χ2n) is 4.01. The molecule has 1 atom stereocenters. The van der Waals surface area contributed by atoms with Crippen molar-refractivity contribution in [1.82, 2.24) is 0 Å². The second kappa shape index (κ2) is 3.62. The first kappa shape index (κ1) is 9.53. The molecular formula is C12H18N2. The lowest BCUT2D eigenvalue weighted by Gasteiger charge is -2.17. The van der Waals surface area contributed by atoms with Crippen LogP contribution in [0.2, 0.25) is 0 Å². The third kappa shape index (κ3) is 1.50. The molecule has 0 bridgehead atoms. The van der Waals surface area contributed by atoms with Crippen molar-refractivity contribution in [1.29, 1.82) is 0 Å². The van der Waals surface area contributed by atoms with Gasteiger partial charge >= 0.3 is 0 Å². The molecule has 1 aliphatic rings. The lowest BCUT2D eigenvalue weighted by molar-refractivity contribution is 0.816. The maximum absolute atomic E-state index is 5.86. The van der Waals surface area contributed by atoms with Gasteiger partial charge in [0.15, 0.2) is 0 Å². The standard InChI is InChI=1S/C12H18N2/c1-3-14-7-6-11-8-10(9(2)13)4-5-12(11)14/h4-5,8-9H,3,6-7,13H2,1-2H3. The van der Waals surface area contributed by atoms with Gasteiger partial charge in [-0.1, -0.05) is 12.1 Å². The Morgan fingerprint density at radius 1 is 1.50 bits per heavy atom. The van der Waals surface area contributed by atoms with E-state index in [0.717, 1.165) is 13.1 Å². The highest BCUT2D eigenvalue weighted by Crippen LogP contribution is 2.29. The number of nitrogens with two attached hydrogens (primary N) is 1. The van der Waals surface area contributed by atoms with E-state index in [1.807, 2.05) is 6.92 Å². The molecule has 0 spiro atoms. The Hall–Kier alpha value is -1.02. The molecule has 0 fully saturated rings. The van der Waals surface area contributed by atoms with Crippen LogP contribution in [0.5, 0.6) is 0 Å². The number of fused-ring (bicyclic) bond motifs is 1. The molecule has 0 aliphatic carbocycles. The van der Waals surface area contributed by atoms with E-state index in [2.05, 4.69) is 30.0 Å². The third-order valence-electron chi connectivity index (χ3n) is 3.00. The molecular weight excluding hydrogens is 172 g/mol. The van der Waals surface area contributed by atoms with Crippen molar-refractivity contribution < 1.29 is 0 Å². The summed E-state index contributed by atoms with van der Waals surface area (Å²) in [5.41, 5.74) is 9.97. The fourth-order valence-corrected chi connectivity index (χ4v) is 2.10. The van der Waals surface area contributed by atoms with Gasteiger partial charge < -0.3 is 10.6 Å². The highest BCUT2D eigenvalue weighted by molar-refractivity contribution is 5.59. The Morgan fingerprint density at radius 3 is 2.93 bits per heavy atom. The van der Waals surface area contributed by atoms with Crippen LogP contribution in [0.1, 0.15) is 31.0 Å². The summed E-state index contributed by atoms with van der Waals surface area (Å²) in [6.07, 6.45) is 1.17. The predicted molar refractivity (Wildman–Crippen MR) is 60.6 cm³/mol. The van der Waals surface area contributed by atoms with Crippen molar-refractivity contribution in [3.05, 3.63) is 29.3 Å². The molecule has 2 rings (SSSR count). The molecule has 0 saturated heterocycles. The summed E-state index contributed by atoms with van der Waals surface area (Å²) in [4.78, 5) is 2.42. The Bertz CT molecular complexity index is 331. The zero-order valence-electron chi connectivity index (χ0n) is 8.96. The maximum Gasteiger partial charge on any atom is 0.0399 e. The van der Waals surface area contributed by atoms with E-state index in [1.54, 1.807) is 0 Å². The van der Waals surface area contributed by atoms with Gasteiger partial charge in [0, 0.05) is 24.8 Å². The van der Waals surface area contributed by atoms with Crippen molar-refractivity contribution in [3.63, 3.8) is 0 Å². The predicted octanol–water partition coefficient (Wildman–Crippen LogP) is 2.09. The summed E-state index contributed by atoms with van der Waals surface area (Å²) >= 11 is 0. The van der Waals surface area contributed by atoms with Crippen LogP contribution >= 0.6 is 0 Å². The first-order valence-electron chi connectivity index (χ1n) is 5.35. The average molecular weight is 190 g/mol. The molecule has 2 heteroatoms. The minimum Gasteiger partial charge on any atom is -0.371 e. The zero-order valence-corrected chi connectivity index (χ0v) is 8.96. The SMILES string of the molecule is CCN1CCc2cc(C(C)N)ccc21. The van der Waals surface area contributed by atoms with Gasteiger partial charge in [-0.05, 0) is 37.5 Å². The zero-order chi connectivity index (χ0) is 10.1. The minimum atomic E-state index is 0.149. The van der Waals surface area contributed by atoms with Crippen LogP contribution in [0.4, 0.5) is 5.69 Å². The second-order valence-corrected chi connectivity index (χ2v) is 4.01. The molecule has 1 heterocycles. The highest BCUT2D eigenvalue weighted by atomic mass is 15.1. The van der Waals surface area contributed by atoms with E-state index < -0.39 is 0 Å². The van der Waals surface area contributed by atoms with E-state index in [0.29, 0.717) is 0 Å². The van der Waals surface area contributed by atoms with Gasteiger partial charge in [0.1, 0.15) is 0 Å². The Morgan fingerprint density at radius 2 is 2.29 bits per heavy atom. The van der Waals surface area contributed by atoms with E-state index in [9.17, 15) is 0 Å². The lowest BCUT2D eigenvalue weighted by atomic mass is 10.0. The quantitative estimate of drug-likeness (QED) is 0.773. The Kier molecular flexibility index (Phi) is 2.46. The highest BCUT2D eigenvalue weighted by Gasteiger charge is 2.17. The largest absolute Gasteiger partial charge is 0.371 e. The summed E-state index contributed by atoms with van der Waals surface area (Å²) in [7, 11) is 0. The topological polar surface area (TPSA) is 29.3 Å². The van der Waals surface area contributed by atoms with Gasteiger partial charge in [0.25, 0.3) is 0 Å². The molecule has 1 aromatic rings. The number of nitrogens with zero attached hydrogens (tertiary/aromatic N) is 1. The molecule has 2 N–H and O–H groups in total. The van der Waals surface area contributed by atoms with Crippen molar-refractivity contribution in [2.75, 3.05) is 18.0 Å². The summed E-state index contributed by atoms with van der Waals surface area (Å²) in [6, 6.07) is 6.77. The molecule has 1 aliphatic heterocycles. The Balaban J connectivity index is 2.34. The lowest BCUT2D eigenvalue weighted by Crippen LogP contribution is -2.19. The third-order valence-corrected chi connectivity index (χ3v) is 3.00. The number of benzene rings is 1. The van der Waals surface area contributed by atoms with E-state index in [-0.39, 0.29) is 6.04 Å². The molecule has 1 unspecified atom stereocenters. The maximum atomic E-state index is 5.86. The number of rotatable bonds is 2. The Labute approximate surface area is 85.7 Å². The summed E-state index contributed by atoms with van der Waals surface area (Å²) < 4.78 is 0. The van der Waals surface area contributed by atoms with Crippen LogP contribution in [-0.2, 0) is 6.42 Å². The first-order valence-corrected chi connectivity index (χ1v) is 5.35. The fraction of sp³-hybridized carbons (Fsp3) is 0.500. The summed E-state index contributed by atoms with van der Waals surface area (Å²) in [5.74, 6) is 0. The molecule has 0 aromatic heterocycles. The molecule has 1 aromatic carbocycles. The number of anilines is 1. The van der Waals surface area contributed by atoms with Crippen molar-refractivity contribution in [2.45, 2.75) is 26.3 Å². The van der Waals surface area contributed by atoms with Gasteiger partial charge in [0.2, 0.25) is 0 Å². The van der Waals surface area contributed by atoms with Crippen LogP contribution in [0.25, 0.3) is 0 Å². The van der Waals surface area contributed by atoms with Gasteiger partial charge in [0.05, 0.1) is 0 Å². The van der Waals surface area contributed by atoms with Crippen molar-refractivity contribution in [2.24, 2.45) is 5.73 Å². The molecule has 2 nitrogen and oxygen atoms in total. The fourth-order valence-electron chi connectivity index (χ4n) is 2.10. The smallest absolute Gasteiger partial charge is 0.0399 e. The first-order chi connectivity index (χ1) is 6.72. The van der Waals surface area contributed by atoms with Crippen LogP contribution in [-0.4, -0.2) is 13.1 Å².